The summed E-state index contributed by atoms with van der Waals surface area (Å²) in [7, 11) is 0. The van der Waals surface area contributed by atoms with Gasteiger partial charge in [-0.05, 0) is 31.4 Å². The van der Waals surface area contributed by atoms with E-state index in [0.717, 1.165) is 36.5 Å². The summed E-state index contributed by atoms with van der Waals surface area (Å²) in [5.74, 6) is 2.72. The average molecular weight is 362 g/mol. The second-order valence-corrected chi connectivity index (χ2v) is 6.45. The van der Waals surface area contributed by atoms with Crippen molar-refractivity contribution < 1.29 is 4.74 Å². The second-order valence-electron chi connectivity index (χ2n) is 6.45. The summed E-state index contributed by atoms with van der Waals surface area (Å²) in [6, 6.07) is 13.9. The molecule has 27 heavy (non-hydrogen) atoms. The van der Waals surface area contributed by atoms with Gasteiger partial charge in [-0.2, -0.15) is 5.10 Å². The van der Waals surface area contributed by atoms with Crippen molar-refractivity contribution in [1.82, 2.24) is 20.2 Å². The number of H-pyrrole nitrogens is 1. The van der Waals surface area contributed by atoms with E-state index in [2.05, 4.69) is 30.8 Å². The van der Waals surface area contributed by atoms with Gasteiger partial charge in [-0.25, -0.2) is 9.97 Å². The van der Waals surface area contributed by atoms with Gasteiger partial charge in [0.05, 0.1) is 0 Å². The lowest BCUT2D eigenvalue weighted by Crippen LogP contribution is -2.18. The molecule has 138 valence electrons. The minimum Gasteiger partial charge on any atom is -0.359 e. The molecule has 1 saturated heterocycles. The Labute approximate surface area is 157 Å². The van der Waals surface area contributed by atoms with Crippen molar-refractivity contribution in [2.24, 2.45) is 0 Å². The van der Waals surface area contributed by atoms with Crippen molar-refractivity contribution in [2.75, 3.05) is 17.2 Å². The maximum Gasteiger partial charge on any atom is 0.156 e. The van der Waals surface area contributed by atoms with Gasteiger partial charge in [0, 0.05) is 24.4 Å². The Kier molecular flexibility index (Phi) is 5.11. The molecule has 1 unspecified atom stereocenters. The van der Waals surface area contributed by atoms with Gasteiger partial charge in [0.2, 0.25) is 0 Å². The van der Waals surface area contributed by atoms with Crippen LogP contribution in [0, 0.1) is 6.92 Å². The molecule has 7 heteroatoms. The van der Waals surface area contributed by atoms with Crippen molar-refractivity contribution in [1.29, 1.82) is 0 Å². The topological polar surface area (TPSA) is 87.8 Å². The number of aromatic amines is 1. The van der Waals surface area contributed by atoms with Crippen molar-refractivity contribution in [2.45, 2.75) is 26.0 Å². The molecule has 0 bridgehead atoms. The molecule has 4 rings (SSSR count). The molecule has 1 atom stereocenters. The molecular formula is C20H22N6O. The molecule has 0 saturated carbocycles. The highest BCUT2D eigenvalue weighted by molar-refractivity contribution is 5.68. The Morgan fingerprint density at radius 3 is 2.67 bits per heavy atom. The molecule has 0 radical (unpaired) electrons. The molecule has 1 aliphatic rings. The summed E-state index contributed by atoms with van der Waals surface area (Å²) in [5, 5.41) is 13.7. The first-order valence-electron chi connectivity index (χ1n) is 9.04. The SMILES string of the molecule is Cc1cc(Nc2cc(NC3CCCO3)nc(C=Cc3ccccc3)n2)n[nH]1. The van der Waals surface area contributed by atoms with Gasteiger partial charge in [-0.3, -0.25) is 5.10 Å². The fourth-order valence-electron chi connectivity index (χ4n) is 2.88. The minimum absolute atomic E-state index is 0.00803. The van der Waals surface area contributed by atoms with Crippen LogP contribution in [0.1, 0.15) is 29.9 Å². The first-order valence-corrected chi connectivity index (χ1v) is 9.04. The second kappa shape index (κ2) is 8.01. The van der Waals surface area contributed by atoms with Gasteiger partial charge in [0.25, 0.3) is 0 Å². The number of ether oxygens (including phenoxy) is 1. The lowest BCUT2D eigenvalue weighted by molar-refractivity contribution is 0.131. The summed E-state index contributed by atoms with van der Waals surface area (Å²) in [6.45, 7) is 2.73. The van der Waals surface area contributed by atoms with Crippen LogP contribution in [-0.4, -0.2) is 33.0 Å². The first kappa shape index (κ1) is 17.2. The van der Waals surface area contributed by atoms with E-state index in [-0.39, 0.29) is 6.23 Å². The Hall–Kier alpha value is -3.19. The van der Waals surface area contributed by atoms with E-state index in [1.165, 1.54) is 0 Å². The van der Waals surface area contributed by atoms with E-state index >= 15 is 0 Å². The maximum atomic E-state index is 5.66. The monoisotopic (exact) mass is 362 g/mol. The van der Waals surface area contributed by atoms with Crippen LogP contribution in [0.4, 0.5) is 17.5 Å². The molecule has 7 nitrogen and oxygen atoms in total. The molecule has 1 fully saturated rings. The third-order valence-corrected chi connectivity index (χ3v) is 4.17. The molecule has 0 aliphatic carbocycles. The van der Waals surface area contributed by atoms with Crippen molar-refractivity contribution in [3.8, 4) is 0 Å². The zero-order valence-electron chi connectivity index (χ0n) is 15.1. The van der Waals surface area contributed by atoms with E-state index in [1.807, 2.05) is 61.5 Å². The van der Waals surface area contributed by atoms with E-state index in [4.69, 9.17) is 4.74 Å². The minimum atomic E-state index is -0.00803. The quantitative estimate of drug-likeness (QED) is 0.615. The number of nitrogens with zero attached hydrogens (tertiary/aromatic N) is 3. The number of aryl methyl sites for hydroxylation is 1. The number of hydrogen-bond donors (Lipinski definition) is 3. The van der Waals surface area contributed by atoms with Crippen LogP contribution in [0.5, 0.6) is 0 Å². The zero-order valence-corrected chi connectivity index (χ0v) is 15.1. The van der Waals surface area contributed by atoms with Gasteiger partial charge < -0.3 is 15.4 Å². The lowest BCUT2D eigenvalue weighted by Gasteiger charge is -2.14. The third kappa shape index (κ3) is 4.71. The fraction of sp³-hybridized carbons (Fsp3) is 0.250. The van der Waals surface area contributed by atoms with Crippen LogP contribution in [-0.2, 0) is 4.74 Å². The first-order chi connectivity index (χ1) is 13.2. The summed E-state index contributed by atoms with van der Waals surface area (Å²) in [5.41, 5.74) is 2.07. The fourth-order valence-corrected chi connectivity index (χ4v) is 2.88. The highest BCUT2D eigenvalue weighted by atomic mass is 16.5. The molecule has 0 amide bonds. The van der Waals surface area contributed by atoms with Crippen LogP contribution in [0.25, 0.3) is 12.2 Å². The van der Waals surface area contributed by atoms with E-state index < -0.39 is 0 Å². The van der Waals surface area contributed by atoms with E-state index in [1.54, 1.807) is 0 Å². The highest BCUT2D eigenvalue weighted by Crippen LogP contribution is 2.20. The molecule has 3 aromatic rings. The van der Waals surface area contributed by atoms with Crippen LogP contribution in [0.3, 0.4) is 0 Å². The Balaban J connectivity index is 1.59. The number of benzene rings is 1. The van der Waals surface area contributed by atoms with Gasteiger partial charge in [-0.1, -0.05) is 36.4 Å². The van der Waals surface area contributed by atoms with Crippen molar-refractivity contribution in [3.63, 3.8) is 0 Å². The van der Waals surface area contributed by atoms with Gasteiger partial charge in [-0.15, -0.1) is 0 Å². The van der Waals surface area contributed by atoms with Crippen LogP contribution < -0.4 is 10.6 Å². The summed E-state index contributed by atoms with van der Waals surface area (Å²) in [4.78, 5) is 9.19. The van der Waals surface area contributed by atoms with E-state index in [0.29, 0.717) is 17.5 Å². The smallest absolute Gasteiger partial charge is 0.156 e. The molecule has 1 aromatic carbocycles. The zero-order chi connectivity index (χ0) is 18.5. The number of hydrogen-bond acceptors (Lipinski definition) is 6. The van der Waals surface area contributed by atoms with Crippen LogP contribution in [0.15, 0.2) is 42.5 Å². The standard InChI is InChI=1S/C20H22N6O/c1-14-12-19(26-25-14)23-17-13-18(24-20-8-5-11-27-20)22-16(21-17)10-9-15-6-3-2-4-7-15/h2-4,6-7,9-10,12-13,20H,5,8,11H2,1H3,(H3,21,22,23,24,25,26). The predicted octanol–water partition coefficient (Wildman–Crippen LogP) is 3.97. The Bertz CT molecular complexity index is 915. The van der Waals surface area contributed by atoms with Crippen LogP contribution >= 0.6 is 0 Å². The summed E-state index contributed by atoms with van der Waals surface area (Å²) < 4.78 is 5.66. The molecule has 1 aliphatic heterocycles. The normalized spacial score (nSPS) is 16.7. The Morgan fingerprint density at radius 1 is 1.07 bits per heavy atom. The van der Waals surface area contributed by atoms with Gasteiger partial charge in [0.1, 0.15) is 17.9 Å². The molecule has 3 heterocycles. The van der Waals surface area contributed by atoms with Crippen molar-refractivity contribution in [3.05, 3.63) is 59.5 Å². The van der Waals surface area contributed by atoms with Crippen molar-refractivity contribution >= 4 is 29.6 Å². The highest BCUT2D eigenvalue weighted by Gasteiger charge is 2.16. The van der Waals surface area contributed by atoms with Gasteiger partial charge >= 0.3 is 0 Å². The van der Waals surface area contributed by atoms with Crippen LogP contribution in [0.2, 0.25) is 0 Å². The summed E-state index contributed by atoms with van der Waals surface area (Å²) in [6.07, 6.45) is 5.91. The molecule has 0 spiro atoms. The van der Waals surface area contributed by atoms with Gasteiger partial charge in [0.15, 0.2) is 11.6 Å². The lowest BCUT2D eigenvalue weighted by atomic mass is 10.2. The van der Waals surface area contributed by atoms with E-state index in [9.17, 15) is 0 Å². The Morgan fingerprint density at radius 2 is 1.93 bits per heavy atom. The molecule has 3 N–H and O–H groups in total. The maximum absolute atomic E-state index is 5.66. The predicted molar refractivity (Wildman–Crippen MR) is 107 cm³/mol. The number of anilines is 3. The summed E-state index contributed by atoms with van der Waals surface area (Å²) >= 11 is 0. The molecule has 2 aromatic heterocycles. The number of aromatic nitrogens is 4. The largest absolute Gasteiger partial charge is 0.359 e. The number of nitrogens with one attached hydrogen (secondary N) is 3. The number of rotatable bonds is 6. The average Bonchev–Trinajstić information content (AvgIpc) is 3.32. The molecular weight excluding hydrogens is 340 g/mol. The third-order valence-electron chi connectivity index (χ3n) is 4.17.